The molecule has 120 valence electrons. The molecule has 0 heterocycles. The molecule has 1 aliphatic carbocycles. The zero-order valence-electron chi connectivity index (χ0n) is 12.8. The second-order valence-corrected chi connectivity index (χ2v) is 6.35. The maximum Gasteiger partial charge on any atom is 0.337 e. The summed E-state index contributed by atoms with van der Waals surface area (Å²) in [6, 6.07) is 14.2. The summed E-state index contributed by atoms with van der Waals surface area (Å²) in [6.07, 6.45) is 0.749. The Labute approximate surface area is 133 Å². The van der Waals surface area contributed by atoms with Crippen molar-refractivity contribution in [1.29, 1.82) is 0 Å². The van der Waals surface area contributed by atoms with Gasteiger partial charge in [0.25, 0.3) is 0 Å². The SMILES string of the molecule is CC(O)(CNC(=O)C1CC1c1ccc2ccccc2c1)C(=O)O. The van der Waals surface area contributed by atoms with Crippen LogP contribution in [-0.4, -0.2) is 34.2 Å². The number of carbonyl (C=O) groups excluding carboxylic acids is 1. The molecule has 3 unspecified atom stereocenters. The average molecular weight is 313 g/mol. The quantitative estimate of drug-likeness (QED) is 0.787. The maximum atomic E-state index is 12.1. The van der Waals surface area contributed by atoms with Gasteiger partial charge in [0.1, 0.15) is 0 Å². The Balaban J connectivity index is 1.64. The predicted molar refractivity (Wildman–Crippen MR) is 86.1 cm³/mol. The van der Waals surface area contributed by atoms with Crippen molar-refractivity contribution in [2.24, 2.45) is 5.92 Å². The molecule has 3 atom stereocenters. The first-order chi connectivity index (χ1) is 10.9. The molecule has 23 heavy (non-hydrogen) atoms. The van der Waals surface area contributed by atoms with Gasteiger partial charge in [-0.2, -0.15) is 0 Å². The van der Waals surface area contributed by atoms with Crippen molar-refractivity contribution in [2.45, 2.75) is 24.9 Å². The second kappa shape index (κ2) is 5.66. The van der Waals surface area contributed by atoms with Gasteiger partial charge in [-0.05, 0) is 35.6 Å². The molecule has 5 nitrogen and oxygen atoms in total. The minimum atomic E-state index is -1.94. The first-order valence-corrected chi connectivity index (χ1v) is 7.61. The molecular formula is C18H19NO4. The van der Waals surface area contributed by atoms with Crippen molar-refractivity contribution in [2.75, 3.05) is 6.54 Å². The molecule has 3 N–H and O–H groups in total. The number of carboxylic acids is 1. The number of amides is 1. The van der Waals surface area contributed by atoms with Gasteiger partial charge in [-0.25, -0.2) is 4.79 Å². The van der Waals surface area contributed by atoms with Gasteiger partial charge in [0.05, 0.1) is 6.54 Å². The van der Waals surface area contributed by atoms with Gasteiger partial charge in [-0.3, -0.25) is 4.79 Å². The highest BCUT2D eigenvalue weighted by Crippen LogP contribution is 2.48. The van der Waals surface area contributed by atoms with Crippen LogP contribution >= 0.6 is 0 Å². The second-order valence-electron chi connectivity index (χ2n) is 6.35. The van der Waals surface area contributed by atoms with Crippen LogP contribution in [0.4, 0.5) is 0 Å². The summed E-state index contributed by atoms with van der Waals surface area (Å²) in [7, 11) is 0. The number of aliphatic carboxylic acids is 1. The van der Waals surface area contributed by atoms with Crippen molar-refractivity contribution < 1.29 is 19.8 Å². The Morgan fingerprint density at radius 3 is 2.61 bits per heavy atom. The highest BCUT2D eigenvalue weighted by Gasteiger charge is 2.44. The van der Waals surface area contributed by atoms with E-state index in [1.807, 2.05) is 36.4 Å². The summed E-state index contributed by atoms with van der Waals surface area (Å²) in [5, 5.41) is 23.3. The van der Waals surface area contributed by atoms with E-state index in [1.54, 1.807) is 0 Å². The fourth-order valence-corrected chi connectivity index (χ4v) is 2.76. The van der Waals surface area contributed by atoms with Gasteiger partial charge in [0.15, 0.2) is 5.60 Å². The number of nitrogens with one attached hydrogen (secondary N) is 1. The third-order valence-electron chi connectivity index (χ3n) is 4.40. The lowest BCUT2D eigenvalue weighted by Crippen LogP contribution is -2.47. The van der Waals surface area contributed by atoms with Gasteiger partial charge in [-0.15, -0.1) is 0 Å². The largest absolute Gasteiger partial charge is 0.479 e. The monoisotopic (exact) mass is 313 g/mol. The fourth-order valence-electron chi connectivity index (χ4n) is 2.76. The summed E-state index contributed by atoms with van der Waals surface area (Å²) in [6.45, 7) is 0.880. The number of hydrogen-bond donors (Lipinski definition) is 3. The summed E-state index contributed by atoms with van der Waals surface area (Å²) < 4.78 is 0. The third-order valence-corrected chi connectivity index (χ3v) is 4.40. The molecule has 0 aliphatic heterocycles. The van der Waals surface area contributed by atoms with Crippen LogP contribution in [0.1, 0.15) is 24.8 Å². The van der Waals surface area contributed by atoms with Crippen molar-refractivity contribution in [1.82, 2.24) is 5.32 Å². The van der Waals surface area contributed by atoms with Gasteiger partial charge >= 0.3 is 5.97 Å². The molecule has 0 aromatic heterocycles. The van der Waals surface area contributed by atoms with Crippen molar-refractivity contribution >= 4 is 22.6 Å². The molecule has 2 aromatic rings. The van der Waals surface area contributed by atoms with E-state index in [0.29, 0.717) is 0 Å². The van der Waals surface area contributed by atoms with Crippen LogP contribution in [0.3, 0.4) is 0 Å². The van der Waals surface area contributed by atoms with Crippen LogP contribution in [0.2, 0.25) is 0 Å². The number of carboxylic acid groups (broad SMARTS) is 1. The first-order valence-electron chi connectivity index (χ1n) is 7.61. The number of rotatable bonds is 5. The third kappa shape index (κ3) is 3.19. The van der Waals surface area contributed by atoms with E-state index in [9.17, 15) is 14.7 Å². The number of benzene rings is 2. The van der Waals surface area contributed by atoms with Crippen LogP contribution in [0.5, 0.6) is 0 Å². The Kier molecular flexibility index (Phi) is 3.82. The van der Waals surface area contributed by atoms with Gasteiger partial charge in [0, 0.05) is 5.92 Å². The van der Waals surface area contributed by atoms with Crippen LogP contribution in [0.15, 0.2) is 42.5 Å². The van der Waals surface area contributed by atoms with Gasteiger partial charge in [-0.1, -0.05) is 42.5 Å². The van der Waals surface area contributed by atoms with Crippen LogP contribution < -0.4 is 5.32 Å². The molecule has 2 aromatic carbocycles. The molecule has 1 fully saturated rings. The Morgan fingerprint density at radius 2 is 1.91 bits per heavy atom. The normalized spacial score (nSPS) is 22.3. The topological polar surface area (TPSA) is 86.6 Å². The van der Waals surface area contributed by atoms with E-state index >= 15 is 0 Å². The summed E-state index contributed by atoms with van der Waals surface area (Å²) in [5.41, 5.74) is -0.822. The van der Waals surface area contributed by atoms with E-state index in [0.717, 1.165) is 22.8 Å². The first kappa shape index (κ1) is 15.5. The maximum absolute atomic E-state index is 12.1. The Morgan fingerprint density at radius 1 is 1.22 bits per heavy atom. The Bertz CT molecular complexity index is 768. The minimum absolute atomic E-state index is 0.152. The number of hydrogen-bond acceptors (Lipinski definition) is 3. The fraction of sp³-hybridized carbons (Fsp3) is 0.333. The Hall–Kier alpha value is -2.40. The smallest absolute Gasteiger partial charge is 0.337 e. The number of fused-ring (bicyclic) bond motifs is 1. The van der Waals surface area contributed by atoms with Crippen LogP contribution in [0, 0.1) is 5.92 Å². The lowest BCUT2D eigenvalue weighted by molar-refractivity contribution is -0.156. The highest BCUT2D eigenvalue weighted by atomic mass is 16.4. The molecule has 0 radical (unpaired) electrons. The van der Waals surface area contributed by atoms with E-state index in [-0.39, 0.29) is 24.3 Å². The van der Waals surface area contributed by atoms with Crippen molar-refractivity contribution in [3.8, 4) is 0 Å². The van der Waals surface area contributed by atoms with E-state index in [4.69, 9.17) is 5.11 Å². The van der Waals surface area contributed by atoms with Crippen LogP contribution in [0.25, 0.3) is 10.8 Å². The number of aliphatic hydroxyl groups is 1. The highest BCUT2D eigenvalue weighted by molar-refractivity contribution is 5.86. The standard InChI is InChI=1S/C18H19NO4/c1-18(23,17(21)22)10-19-16(20)15-9-14(15)13-7-6-11-4-2-3-5-12(11)8-13/h2-8,14-15,23H,9-10H2,1H3,(H,19,20)(H,21,22). The van der Waals surface area contributed by atoms with Crippen LogP contribution in [-0.2, 0) is 9.59 Å². The molecule has 3 rings (SSSR count). The van der Waals surface area contributed by atoms with Crippen molar-refractivity contribution in [3.05, 3.63) is 48.0 Å². The summed E-state index contributed by atoms with van der Waals surface area (Å²) in [4.78, 5) is 22.9. The molecule has 1 amide bonds. The molecule has 5 heteroatoms. The van der Waals surface area contributed by atoms with Gasteiger partial charge < -0.3 is 15.5 Å². The van der Waals surface area contributed by atoms with E-state index < -0.39 is 11.6 Å². The average Bonchev–Trinajstić information content (AvgIpc) is 3.33. The lowest BCUT2D eigenvalue weighted by Gasteiger charge is -2.18. The lowest BCUT2D eigenvalue weighted by atomic mass is 10.0. The summed E-state index contributed by atoms with van der Waals surface area (Å²) >= 11 is 0. The molecule has 1 aliphatic rings. The van der Waals surface area contributed by atoms with Gasteiger partial charge in [0.2, 0.25) is 5.91 Å². The summed E-state index contributed by atoms with van der Waals surface area (Å²) in [5.74, 6) is -1.54. The van der Waals surface area contributed by atoms with Crippen molar-refractivity contribution in [3.63, 3.8) is 0 Å². The van der Waals surface area contributed by atoms with E-state index in [2.05, 4.69) is 11.4 Å². The predicted octanol–water partition coefficient (Wildman–Crippen LogP) is 1.90. The minimum Gasteiger partial charge on any atom is -0.479 e. The number of carbonyl (C=O) groups is 2. The molecule has 0 saturated heterocycles. The zero-order valence-corrected chi connectivity index (χ0v) is 12.8. The molecule has 0 spiro atoms. The molecular weight excluding hydrogens is 294 g/mol. The zero-order chi connectivity index (χ0) is 16.6. The molecule has 0 bridgehead atoms. The molecule has 1 saturated carbocycles. The van der Waals surface area contributed by atoms with E-state index in [1.165, 1.54) is 6.92 Å².